The fraction of sp³-hybridized carbons (Fsp3) is 0.458. The molecule has 0 radical (unpaired) electrons. The molecular weight excluding hydrogens is 474 g/mol. The van der Waals surface area contributed by atoms with Crippen molar-refractivity contribution >= 4 is 21.6 Å². The Hall–Kier alpha value is -3.18. The lowest BCUT2D eigenvalue weighted by molar-refractivity contribution is -0.387. The summed E-state index contributed by atoms with van der Waals surface area (Å²) in [6.45, 7) is 1.69. The van der Waals surface area contributed by atoms with Crippen LogP contribution in [0.5, 0.6) is 11.5 Å². The van der Waals surface area contributed by atoms with Crippen molar-refractivity contribution in [3.05, 3.63) is 58.1 Å². The molecule has 0 unspecified atom stereocenters. The van der Waals surface area contributed by atoms with E-state index in [1.807, 2.05) is 29.2 Å². The van der Waals surface area contributed by atoms with Crippen molar-refractivity contribution in [2.75, 3.05) is 40.4 Å². The zero-order valence-corrected chi connectivity index (χ0v) is 20.6. The summed E-state index contributed by atoms with van der Waals surface area (Å²) in [5.41, 5.74) is 0.151. The minimum atomic E-state index is -4.05. The van der Waals surface area contributed by atoms with Crippen molar-refractivity contribution < 1.29 is 27.6 Å². The molecule has 0 saturated carbocycles. The highest BCUT2D eigenvalue weighted by molar-refractivity contribution is 7.89. The number of methoxy groups -OCH3 is 2. The Labute approximate surface area is 204 Å². The van der Waals surface area contributed by atoms with Crippen LogP contribution in [0, 0.1) is 15.5 Å². The van der Waals surface area contributed by atoms with Gasteiger partial charge >= 0.3 is 0 Å². The molecule has 35 heavy (non-hydrogen) atoms. The molecule has 2 aromatic carbocycles. The predicted octanol–water partition coefficient (Wildman–Crippen LogP) is 2.86. The van der Waals surface area contributed by atoms with Gasteiger partial charge in [-0.05, 0) is 54.5 Å². The van der Waals surface area contributed by atoms with Crippen molar-refractivity contribution in [1.29, 1.82) is 0 Å². The van der Waals surface area contributed by atoms with Gasteiger partial charge in [0.05, 0.1) is 31.6 Å². The Kier molecular flexibility index (Phi) is 7.00. The number of carbonyl (C=O) groups excluding carboxylic acids is 1. The third-order valence-corrected chi connectivity index (χ3v) is 8.94. The standard InChI is InChI=1S/C24H29N3O7S/c1-33-19-5-3-4-18(14-19)15-23(28)25-11-8-24(9-12-25)10-13-26(17-24)35(31,32)22-7-6-20(34-2)16-21(22)27(29)30/h3-7,14,16H,8-13,15,17H2,1-2H3. The Bertz CT molecular complexity index is 1220. The second-order valence-corrected chi connectivity index (χ2v) is 11.0. The van der Waals surface area contributed by atoms with E-state index < -0.39 is 20.6 Å². The van der Waals surface area contributed by atoms with E-state index in [0.717, 1.165) is 11.6 Å². The SMILES string of the molecule is COc1cccc(CC(=O)N2CCC3(CC2)CCN(S(=O)(=O)c2ccc(OC)cc2[N+](=O)[O-])C3)c1. The second kappa shape index (κ2) is 9.82. The number of nitrogens with zero attached hydrogens (tertiary/aromatic N) is 3. The maximum absolute atomic E-state index is 13.3. The molecule has 2 aliphatic rings. The van der Waals surface area contributed by atoms with Gasteiger partial charge in [-0.25, -0.2) is 8.42 Å². The van der Waals surface area contributed by atoms with Crippen LogP contribution >= 0.6 is 0 Å². The van der Waals surface area contributed by atoms with E-state index in [2.05, 4.69) is 0 Å². The topological polar surface area (TPSA) is 119 Å². The van der Waals surface area contributed by atoms with Gasteiger partial charge in [0.1, 0.15) is 11.5 Å². The molecule has 0 aliphatic carbocycles. The number of rotatable bonds is 7. The van der Waals surface area contributed by atoms with Crippen LogP contribution in [0.3, 0.4) is 0 Å². The number of piperidine rings is 1. The van der Waals surface area contributed by atoms with Gasteiger partial charge in [-0.1, -0.05) is 12.1 Å². The number of likely N-dealkylation sites (tertiary alicyclic amines) is 1. The number of carbonyl (C=O) groups is 1. The van der Waals surface area contributed by atoms with E-state index in [9.17, 15) is 23.3 Å². The van der Waals surface area contributed by atoms with Gasteiger partial charge in [0.15, 0.2) is 4.90 Å². The first-order valence-corrected chi connectivity index (χ1v) is 12.8. The van der Waals surface area contributed by atoms with E-state index >= 15 is 0 Å². The quantitative estimate of drug-likeness (QED) is 0.421. The summed E-state index contributed by atoms with van der Waals surface area (Å²) >= 11 is 0. The number of sulfonamides is 1. The van der Waals surface area contributed by atoms with Crippen LogP contribution in [-0.4, -0.2) is 68.9 Å². The minimum Gasteiger partial charge on any atom is -0.497 e. The molecule has 11 heteroatoms. The van der Waals surface area contributed by atoms with Crippen LogP contribution in [0.2, 0.25) is 0 Å². The van der Waals surface area contributed by atoms with Crippen molar-refractivity contribution in [3.63, 3.8) is 0 Å². The molecule has 2 aliphatic heterocycles. The van der Waals surface area contributed by atoms with Crippen LogP contribution in [0.25, 0.3) is 0 Å². The lowest BCUT2D eigenvalue weighted by atomic mass is 9.78. The van der Waals surface area contributed by atoms with E-state index in [4.69, 9.17) is 9.47 Å². The first kappa shape index (κ1) is 24.9. The van der Waals surface area contributed by atoms with Gasteiger partial charge in [0, 0.05) is 26.2 Å². The number of hydrogen-bond acceptors (Lipinski definition) is 7. The Morgan fingerprint density at radius 1 is 1.03 bits per heavy atom. The molecule has 10 nitrogen and oxygen atoms in total. The van der Waals surface area contributed by atoms with Gasteiger partial charge in [-0.15, -0.1) is 0 Å². The van der Waals surface area contributed by atoms with E-state index in [1.165, 1.54) is 23.5 Å². The summed E-state index contributed by atoms with van der Waals surface area (Å²) in [5, 5.41) is 11.5. The van der Waals surface area contributed by atoms with Crippen molar-refractivity contribution in [2.45, 2.75) is 30.6 Å². The Morgan fingerprint density at radius 3 is 2.34 bits per heavy atom. The minimum absolute atomic E-state index is 0.0319. The molecule has 0 bridgehead atoms. The smallest absolute Gasteiger partial charge is 0.293 e. The molecule has 1 amide bonds. The molecule has 4 rings (SSSR count). The first-order chi connectivity index (χ1) is 16.7. The van der Waals surface area contributed by atoms with Crippen LogP contribution in [0.4, 0.5) is 5.69 Å². The number of hydrogen-bond donors (Lipinski definition) is 0. The van der Waals surface area contributed by atoms with Crippen molar-refractivity contribution in [3.8, 4) is 11.5 Å². The van der Waals surface area contributed by atoms with Crippen LogP contribution < -0.4 is 9.47 Å². The number of benzene rings is 2. The zero-order chi connectivity index (χ0) is 25.2. The van der Waals surface area contributed by atoms with E-state index in [1.54, 1.807) is 7.11 Å². The maximum atomic E-state index is 13.3. The molecule has 0 aromatic heterocycles. The molecule has 2 aromatic rings. The summed E-state index contributed by atoms with van der Waals surface area (Å²) in [7, 11) is -1.10. The summed E-state index contributed by atoms with van der Waals surface area (Å²) < 4.78 is 38.2. The molecular formula is C24H29N3O7S. The lowest BCUT2D eigenvalue weighted by Gasteiger charge is -2.39. The summed E-state index contributed by atoms with van der Waals surface area (Å²) in [5.74, 6) is 0.959. The van der Waals surface area contributed by atoms with E-state index in [-0.39, 0.29) is 34.9 Å². The molecule has 2 saturated heterocycles. The average Bonchev–Trinajstić information content (AvgIpc) is 3.28. The molecule has 0 N–H and O–H groups in total. The lowest BCUT2D eigenvalue weighted by Crippen LogP contribution is -2.45. The van der Waals surface area contributed by atoms with E-state index in [0.29, 0.717) is 44.6 Å². The number of ether oxygens (including phenoxy) is 2. The molecule has 1 spiro atoms. The largest absolute Gasteiger partial charge is 0.497 e. The van der Waals surface area contributed by atoms with Crippen molar-refractivity contribution in [1.82, 2.24) is 9.21 Å². The Balaban J connectivity index is 1.42. The molecule has 2 fully saturated rings. The average molecular weight is 504 g/mol. The number of nitro benzene ring substituents is 1. The highest BCUT2D eigenvalue weighted by Crippen LogP contribution is 2.43. The van der Waals surface area contributed by atoms with Gasteiger partial charge < -0.3 is 14.4 Å². The fourth-order valence-electron chi connectivity index (χ4n) is 4.93. The van der Waals surface area contributed by atoms with Gasteiger partial charge in [0.2, 0.25) is 15.9 Å². The maximum Gasteiger partial charge on any atom is 0.293 e. The summed E-state index contributed by atoms with van der Waals surface area (Å²) in [6.07, 6.45) is 2.32. The molecule has 188 valence electrons. The normalized spacial score (nSPS) is 17.9. The van der Waals surface area contributed by atoms with Crippen LogP contribution in [0.15, 0.2) is 47.4 Å². The molecule has 0 atom stereocenters. The van der Waals surface area contributed by atoms with Crippen molar-refractivity contribution in [2.24, 2.45) is 5.41 Å². The summed E-state index contributed by atoms with van der Waals surface area (Å²) in [6, 6.07) is 11.2. The Morgan fingerprint density at radius 2 is 1.69 bits per heavy atom. The number of nitro groups is 1. The zero-order valence-electron chi connectivity index (χ0n) is 19.8. The summed E-state index contributed by atoms with van der Waals surface area (Å²) in [4.78, 5) is 25.2. The first-order valence-electron chi connectivity index (χ1n) is 11.4. The monoisotopic (exact) mass is 503 g/mol. The van der Waals surface area contributed by atoms with Crippen LogP contribution in [0.1, 0.15) is 24.8 Å². The fourth-order valence-corrected chi connectivity index (χ4v) is 6.62. The highest BCUT2D eigenvalue weighted by Gasteiger charge is 2.46. The number of amides is 1. The van der Waals surface area contributed by atoms with Gasteiger partial charge in [-0.3, -0.25) is 14.9 Å². The highest BCUT2D eigenvalue weighted by atomic mass is 32.2. The van der Waals surface area contributed by atoms with Gasteiger partial charge in [0.25, 0.3) is 5.69 Å². The predicted molar refractivity (Wildman–Crippen MR) is 128 cm³/mol. The third kappa shape index (κ3) is 5.10. The van der Waals surface area contributed by atoms with Crippen LogP contribution in [-0.2, 0) is 21.2 Å². The molecule has 2 heterocycles. The third-order valence-electron chi connectivity index (χ3n) is 7.05. The second-order valence-electron chi connectivity index (χ2n) is 9.09. The van der Waals surface area contributed by atoms with Gasteiger partial charge in [-0.2, -0.15) is 4.31 Å².